The third-order valence-electron chi connectivity index (χ3n) is 4.18. The molecule has 19 heavy (non-hydrogen) atoms. The molecule has 2 fully saturated rings. The van der Waals surface area contributed by atoms with E-state index in [1.807, 2.05) is 17.4 Å². The van der Waals surface area contributed by atoms with Crippen LogP contribution in [0.25, 0.3) is 5.65 Å². The lowest BCUT2D eigenvalue weighted by Gasteiger charge is -2.24. The third-order valence-corrected chi connectivity index (χ3v) is 4.18. The zero-order valence-corrected chi connectivity index (χ0v) is 11.0. The van der Waals surface area contributed by atoms with Gasteiger partial charge in [-0.05, 0) is 19.8 Å². The molecular formula is C13H17N5O. The molecule has 1 spiro atoms. The van der Waals surface area contributed by atoms with Gasteiger partial charge in [-0.1, -0.05) is 0 Å². The lowest BCUT2D eigenvalue weighted by molar-refractivity contribution is 0.116. The van der Waals surface area contributed by atoms with Crippen LogP contribution in [-0.4, -0.2) is 45.9 Å². The molecule has 6 nitrogen and oxygen atoms in total. The molecule has 0 amide bonds. The summed E-state index contributed by atoms with van der Waals surface area (Å²) >= 11 is 0. The molecule has 0 unspecified atom stereocenters. The van der Waals surface area contributed by atoms with Gasteiger partial charge in [-0.2, -0.15) is 0 Å². The lowest BCUT2D eigenvalue weighted by Crippen LogP contribution is -2.31. The van der Waals surface area contributed by atoms with Crippen LogP contribution >= 0.6 is 0 Å². The van der Waals surface area contributed by atoms with Crippen LogP contribution in [0.1, 0.15) is 18.7 Å². The van der Waals surface area contributed by atoms with Crippen LogP contribution in [0, 0.1) is 12.3 Å². The first-order chi connectivity index (χ1) is 9.26. The van der Waals surface area contributed by atoms with Crippen molar-refractivity contribution in [2.45, 2.75) is 19.8 Å². The van der Waals surface area contributed by atoms with Gasteiger partial charge in [0.15, 0.2) is 5.65 Å². The fourth-order valence-electron chi connectivity index (χ4n) is 2.79. The number of rotatable bonds is 1. The third kappa shape index (κ3) is 1.87. The smallest absolute Gasteiger partial charge is 0.165 e. The Balaban J connectivity index is 1.72. The lowest BCUT2D eigenvalue weighted by atomic mass is 10.1. The molecule has 1 saturated carbocycles. The van der Waals surface area contributed by atoms with Crippen LogP contribution in [0.4, 0.5) is 5.82 Å². The largest absolute Gasteiger partial charge is 0.379 e. The number of ether oxygens (including phenoxy) is 1. The van der Waals surface area contributed by atoms with E-state index in [0.29, 0.717) is 5.41 Å². The number of fused-ring (bicyclic) bond motifs is 1. The molecule has 1 aliphatic carbocycles. The summed E-state index contributed by atoms with van der Waals surface area (Å²) in [6.07, 6.45) is 4.25. The van der Waals surface area contributed by atoms with Crippen molar-refractivity contribution in [2.75, 3.05) is 31.2 Å². The monoisotopic (exact) mass is 259 g/mol. The summed E-state index contributed by atoms with van der Waals surface area (Å²) in [4.78, 5) is 7.02. The van der Waals surface area contributed by atoms with Gasteiger partial charge in [0.2, 0.25) is 0 Å². The highest BCUT2D eigenvalue weighted by Gasteiger charge is 2.45. The maximum atomic E-state index is 5.72. The number of hydrogen-bond acceptors (Lipinski definition) is 5. The second kappa shape index (κ2) is 3.90. The van der Waals surface area contributed by atoms with E-state index in [2.05, 4.69) is 20.1 Å². The molecule has 6 heteroatoms. The Hall–Kier alpha value is -1.69. The first-order valence-electron chi connectivity index (χ1n) is 6.76. The fraction of sp³-hybridized carbons (Fsp3) is 0.615. The van der Waals surface area contributed by atoms with Crippen LogP contribution in [0.5, 0.6) is 0 Å². The molecule has 0 atom stereocenters. The highest BCUT2D eigenvalue weighted by atomic mass is 16.5. The first kappa shape index (κ1) is 11.2. The van der Waals surface area contributed by atoms with Crippen LogP contribution < -0.4 is 4.90 Å². The molecule has 2 aliphatic rings. The van der Waals surface area contributed by atoms with Gasteiger partial charge in [0.1, 0.15) is 18.0 Å². The molecule has 2 aromatic rings. The number of nitrogens with zero attached hydrogens (tertiary/aromatic N) is 5. The van der Waals surface area contributed by atoms with Crippen molar-refractivity contribution in [3.63, 3.8) is 0 Å². The predicted molar refractivity (Wildman–Crippen MR) is 70.2 cm³/mol. The Labute approximate surface area is 111 Å². The Bertz CT molecular complexity index is 619. The van der Waals surface area contributed by atoms with Gasteiger partial charge in [-0.15, -0.1) is 10.2 Å². The Morgan fingerprint density at radius 1 is 1.37 bits per heavy atom. The first-order valence-corrected chi connectivity index (χ1v) is 6.76. The summed E-state index contributed by atoms with van der Waals surface area (Å²) in [6, 6.07) is 2.02. The van der Waals surface area contributed by atoms with Crippen molar-refractivity contribution in [3.8, 4) is 0 Å². The second-order valence-corrected chi connectivity index (χ2v) is 5.69. The molecule has 2 aromatic heterocycles. The van der Waals surface area contributed by atoms with Crippen LogP contribution in [0.3, 0.4) is 0 Å². The van der Waals surface area contributed by atoms with Crippen molar-refractivity contribution < 1.29 is 4.74 Å². The van der Waals surface area contributed by atoms with E-state index in [0.717, 1.165) is 43.6 Å². The normalized spacial score (nSPS) is 21.8. The number of hydrogen-bond donors (Lipinski definition) is 0. The summed E-state index contributed by atoms with van der Waals surface area (Å²) < 4.78 is 7.63. The molecular weight excluding hydrogens is 242 g/mol. The number of aryl methyl sites for hydroxylation is 1. The molecule has 1 saturated heterocycles. The maximum absolute atomic E-state index is 5.72. The Morgan fingerprint density at radius 2 is 2.26 bits per heavy atom. The molecule has 4 rings (SSSR count). The maximum Gasteiger partial charge on any atom is 0.165 e. The van der Waals surface area contributed by atoms with Crippen LogP contribution in [-0.2, 0) is 4.74 Å². The van der Waals surface area contributed by atoms with Gasteiger partial charge < -0.3 is 9.64 Å². The summed E-state index contributed by atoms with van der Waals surface area (Å²) in [5.41, 5.74) is 1.24. The van der Waals surface area contributed by atoms with Crippen LogP contribution in [0.15, 0.2) is 12.4 Å². The zero-order valence-electron chi connectivity index (χ0n) is 11.0. The Kier molecular flexibility index (Phi) is 2.29. The average Bonchev–Trinajstić information content (AvgIpc) is 3.06. The van der Waals surface area contributed by atoms with E-state index >= 15 is 0 Å². The summed E-state index contributed by atoms with van der Waals surface area (Å²) in [5, 5.41) is 8.06. The van der Waals surface area contributed by atoms with Gasteiger partial charge in [0.05, 0.1) is 13.2 Å². The molecule has 1 aliphatic heterocycles. The van der Waals surface area contributed by atoms with Gasteiger partial charge in [0, 0.05) is 24.6 Å². The SMILES string of the molecule is Cc1nc(N2CCOCC3(CC3)C2)cc2nncn12. The zero-order chi connectivity index (χ0) is 12.9. The van der Waals surface area contributed by atoms with Gasteiger partial charge in [-0.25, -0.2) is 4.98 Å². The van der Waals surface area contributed by atoms with E-state index in [-0.39, 0.29) is 0 Å². The second-order valence-electron chi connectivity index (χ2n) is 5.69. The molecule has 3 heterocycles. The van der Waals surface area contributed by atoms with E-state index in [4.69, 9.17) is 4.74 Å². The minimum Gasteiger partial charge on any atom is -0.379 e. The number of aromatic nitrogens is 4. The van der Waals surface area contributed by atoms with Crippen molar-refractivity contribution in [1.82, 2.24) is 19.6 Å². The fourth-order valence-corrected chi connectivity index (χ4v) is 2.79. The van der Waals surface area contributed by atoms with Crippen molar-refractivity contribution in [1.29, 1.82) is 0 Å². The molecule has 0 N–H and O–H groups in total. The summed E-state index contributed by atoms with van der Waals surface area (Å²) in [7, 11) is 0. The van der Waals surface area contributed by atoms with Gasteiger partial charge in [0.25, 0.3) is 0 Å². The molecule has 0 aromatic carbocycles. The van der Waals surface area contributed by atoms with E-state index < -0.39 is 0 Å². The predicted octanol–water partition coefficient (Wildman–Crippen LogP) is 1.05. The molecule has 100 valence electrons. The van der Waals surface area contributed by atoms with Crippen molar-refractivity contribution in [2.24, 2.45) is 5.41 Å². The standard InChI is InChI=1S/C13H17N5O/c1-10-15-11(6-12-16-14-9-18(10)12)17-4-5-19-8-13(7-17)2-3-13/h6,9H,2-5,7-8H2,1H3. The quantitative estimate of drug-likeness (QED) is 0.766. The van der Waals surface area contributed by atoms with Crippen molar-refractivity contribution >= 4 is 11.5 Å². The van der Waals surface area contributed by atoms with Gasteiger partial charge >= 0.3 is 0 Å². The van der Waals surface area contributed by atoms with Crippen molar-refractivity contribution in [3.05, 3.63) is 18.2 Å². The van der Waals surface area contributed by atoms with E-state index in [1.165, 1.54) is 12.8 Å². The molecule has 0 radical (unpaired) electrons. The summed E-state index contributed by atoms with van der Waals surface area (Å²) in [6.45, 7) is 5.61. The minimum atomic E-state index is 0.381. The van der Waals surface area contributed by atoms with E-state index in [1.54, 1.807) is 6.33 Å². The highest BCUT2D eigenvalue weighted by Crippen LogP contribution is 2.47. The van der Waals surface area contributed by atoms with Crippen LogP contribution in [0.2, 0.25) is 0 Å². The average molecular weight is 259 g/mol. The summed E-state index contributed by atoms with van der Waals surface area (Å²) in [5.74, 6) is 1.92. The Morgan fingerprint density at radius 3 is 3.11 bits per heavy atom. The highest BCUT2D eigenvalue weighted by molar-refractivity contribution is 5.51. The minimum absolute atomic E-state index is 0.381. The number of anilines is 1. The van der Waals surface area contributed by atoms with Gasteiger partial charge in [-0.3, -0.25) is 4.40 Å². The molecule has 0 bridgehead atoms. The topological polar surface area (TPSA) is 55.5 Å². The van der Waals surface area contributed by atoms with E-state index in [9.17, 15) is 0 Å².